The molecule has 0 heterocycles. The van der Waals surface area contributed by atoms with E-state index in [-0.39, 0.29) is 10.6 Å². The summed E-state index contributed by atoms with van der Waals surface area (Å²) in [6, 6.07) is 9.27. The topological polar surface area (TPSA) is 105 Å². The molecule has 23 heavy (non-hydrogen) atoms. The summed E-state index contributed by atoms with van der Waals surface area (Å²) in [6.07, 6.45) is 1.09. The average molecular weight is 334 g/mol. The van der Waals surface area contributed by atoms with Gasteiger partial charge in [-0.3, -0.25) is 14.9 Å². The number of aryl methyl sites for hydroxylation is 1. The second-order valence-electron chi connectivity index (χ2n) is 4.63. The molecule has 0 aliphatic carbocycles. The number of carbonyl (C=O) groups is 1. The standard InChI is InChI=1S/C15H12ClN3O4/c1-9-4-2-3-5-12(9)15(21)18-17-8-10-6-11(16)7-13(14(10)20)19(22)23/h2-8,20H,1H3,(H,18,21)/b17-8+. The molecule has 0 spiro atoms. The maximum absolute atomic E-state index is 12.0. The molecule has 7 nitrogen and oxygen atoms in total. The van der Waals surface area contributed by atoms with Crippen molar-refractivity contribution in [3.8, 4) is 5.75 Å². The number of phenolic OH excluding ortho intramolecular Hbond substituents is 1. The van der Waals surface area contributed by atoms with Crippen LogP contribution in [0.1, 0.15) is 21.5 Å². The number of phenols is 1. The van der Waals surface area contributed by atoms with Crippen molar-refractivity contribution >= 4 is 29.4 Å². The zero-order chi connectivity index (χ0) is 17.0. The number of nitro benzene ring substituents is 1. The molecule has 0 saturated carbocycles. The third-order valence-corrected chi connectivity index (χ3v) is 3.26. The van der Waals surface area contributed by atoms with Crippen molar-refractivity contribution in [1.29, 1.82) is 0 Å². The number of hydrogen-bond acceptors (Lipinski definition) is 5. The van der Waals surface area contributed by atoms with E-state index in [1.807, 2.05) is 0 Å². The van der Waals surface area contributed by atoms with Crippen LogP contribution in [0, 0.1) is 17.0 Å². The van der Waals surface area contributed by atoms with Crippen LogP contribution >= 0.6 is 11.6 Å². The van der Waals surface area contributed by atoms with Crippen molar-refractivity contribution in [2.45, 2.75) is 6.92 Å². The summed E-state index contributed by atoms with van der Waals surface area (Å²) in [5.74, 6) is -1.01. The quantitative estimate of drug-likeness (QED) is 0.509. The zero-order valence-corrected chi connectivity index (χ0v) is 12.7. The predicted octanol–water partition coefficient (Wildman–Crippen LogP) is 3.03. The minimum Gasteiger partial charge on any atom is -0.502 e. The van der Waals surface area contributed by atoms with Crippen LogP contribution in [-0.4, -0.2) is 22.2 Å². The van der Waals surface area contributed by atoms with Crippen molar-refractivity contribution in [3.63, 3.8) is 0 Å². The lowest BCUT2D eigenvalue weighted by Gasteiger charge is -2.04. The molecular formula is C15H12ClN3O4. The lowest BCUT2D eigenvalue weighted by atomic mass is 10.1. The Labute approximate surface area is 136 Å². The summed E-state index contributed by atoms with van der Waals surface area (Å²) in [7, 11) is 0. The molecule has 0 aliphatic heterocycles. The summed E-state index contributed by atoms with van der Waals surface area (Å²) in [5.41, 5.74) is 3.00. The van der Waals surface area contributed by atoms with Crippen LogP contribution in [0.25, 0.3) is 0 Å². The van der Waals surface area contributed by atoms with E-state index in [1.54, 1.807) is 31.2 Å². The molecule has 118 valence electrons. The smallest absolute Gasteiger partial charge is 0.312 e. The van der Waals surface area contributed by atoms with Crippen molar-refractivity contribution in [3.05, 3.63) is 68.2 Å². The summed E-state index contributed by atoms with van der Waals surface area (Å²) in [4.78, 5) is 22.0. The number of benzene rings is 2. The van der Waals surface area contributed by atoms with Crippen LogP contribution in [0.15, 0.2) is 41.5 Å². The van der Waals surface area contributed by atoms with E-state index in [1.165, 1.54) is 6.07 Å². The van der Waals surface area contributed by atoms with E-state index in [0.717, 1.165) is 17.8 Å². The molecule has 2 aromatic rings. The first-order chi connectivity index (χ1) is 10.9. The number of hydrogen-bond donors (Lipinski definition) is 2. The first-order valence-electron chi connectivity index (χ1n) is 6.46. The van der Waals surface area contributed by atoms with E-state index in [4.69, 9.17) is 11.6 Å². The predicted molar refractivity (Wildman–Crippen MR) is 86.0 cm³/mol. The largest absolute Gasteiger partial charge is 0.502 e. The fourth-order valence-electron chi connectivity index (χ4n) is 1.89. The molecular weight excluding hydrogens is 322 g/mol. The number of carbonyl (C=O) groups excluding carboxylic acids is 1. The van der Waals surface area contributed by atoms with E-state index in [2.05, 4.69) is 10.5 Å². The Morgan fingerprint density at radius 2 is 2.09 bits per heavy atom. The molecule has 0 unspecified atom stereocenters. The summed E-state index contributed by atoms with van der Waals surface area (Å²) in [5, 5.41) is 24.4. The van der Waals surface area contributed by atoms with Crippen molar-refractivity contribution in [2.75, 3.05) is 0 Å². The van der Waals surface area contributed by atoms with E-state index < -0.39 is 22.3 Å². The third-order valence-electron chi connectivity index (χ3n) is 3.04. The highest BCUT2D eigenvalue weighted by molar-refractivity contribution is 6.31. The zero-order valence-electron chi connectivity index (χ0n) is 12.0. The van der Waals surface area contributed by atoms with E-state index in [9.17, 15) is 20.0 Å². The number of halogens is 1. The number of aromatic hydroxyl groups is 1. The van der Waals surface area contributed by atoms with Crippen LogP contribution in [0.2, 0.25) is 5.02 Å². The van der Waals surface area contributed by atoms with Gasteiger partial charge in [-0.1, -0.05) is 29.8 Å². The van der Waals surface area contributed by atoms with Crippen LogP contribution in [0.3, 0.4) is 0 Å². The normalized spacial score (nSPS) is 10.7. The van der Waals surface area contributed by atoms with Crippen molar-refractivity contribution in [1.82, 2.24) is 5.43 Å². The molecule has 0 fully saturated rings. The van der Waals surface area contributed by atoms with Gasteiger partial charge < -0.3 is 5.11 Å². The van der Waals surface area contributed by atoms with Gasteiger partial charge in [0, 0.05) is 22.2 Å². The maximum atomic E-state index is 12.0. The maximum Gasteiger partial charge on any atom is 0.312 e. The number of nitrogens with one attached hydrogen (secondary N) is 1. The van der Waals surface area contributed by atoms with Gasteiger partial charge in [0.05, 0.1) is 11.1 Å². The number of nitro groups is 1. The second-order valence-corrected chi connectivity index (χ2v) is 5.07. The van der Waals surface area contributed by atoms with Crippen LogP contribution in [0.4, 0.5) is 5.69 Å². The second kappa shape index (κ2) is 6.89. The van der Waals surface area contributed by atoms with Gasteiger partial charge in [-0.05, 0) is 24.6 Å². The Kier molecular flexibility index (Phi) is 4.92. The molecule has 8 heteroatoms. The highest BCUT2D eigenvalue weighted by Crippen LogP contribution is 2.32. The molecule has 0 saturated heterocycles. The monoisotopic (exact) mass is 333 g/mol. The van der Waals surface area contributed by atoms with Gasteiger partial charge in [-0.2, -0.15) is 5.10 Å². The Morgan fingerprint density at radius 3 is 2.74 bits per heavy atom. The molecule has 0 atom stereocenters. The van der Waals surface area contributed by atoms with Gasteiger partial charge >= 0.3 is 5.69 Å². The van der Waals surface area contributed by atoms with Crippen LogP contribution in [-0.2, 0) is 0 Å². The first kappa shape index (κ1) is 16.4. The minimum atomic E-state index is -0.759. The Balaban J connectivity index is 2.20. The molecule has 2 rings (SSSR count). The molecule has 0 aromatic heterocycles. The van der Waals surface area contributed by atoms with Crippen LogP contribution < -0.4 is 5.43 Å². The fraction of sp³-hybridized carbons (Fsp3) is 0.0667. The molecule has 2 N–H and O–H groups in total. The SMILES string of the molecule is Cc1ccccc1C(=O)N/N=C/c1cc(Cl)cc([N+](=O)[O-])c1O. The van der Waals surface area contributed by atoms with E-state index >= 15 is 0 Å². The van der Waals surface area contributed by atoms with Crippen molar-refractivity contribution in [2.24, 2.45) is 5.10 Å². The molecule has 0 bridgehead atoms. The summed E-state index contributed by atoms with van der Waals surface area (Å²) in [6.45, 7) is 1.78. The highest BCUT2D eigenvalue weighted by Gasteiger charge is 2.17. The van der Waals surface area contributed by atoms with Gasteiger partial charge in [-0.15, -0.1) is 0 Å². The lowest BCUT2D eigenvalue weighted by molar-refractivity contribution is -0.385. The van der Waals surface area contributed by atoms with Gasteiger partial charge in [-0.25, -0.2) is 5.43 Å². The Morgan fingerprint density at radius 1 is 1.39 bits per heavy atom. The number of nitrogens with zero attached hydrogens (tertiary/aromatic N) is 2. The van der Waals surface area contributed by atoms with E-state index in [0.29, 0.717) is 5.56 Å². The van der Waals surface area contributed by atoms with Gasteiger partial charge in [0.2, 0.25) is 5.75 Å². The third kappa shape index (κ3) is 3.83. The Bertz CT molecular complexity index is 805. The van der Waals surface area contributed by atoms with Gasteiger partial charge in [0.15, 0.2) is 0 Å². The molecule has 1 amide bonds. The average Bonchev–Trinajstić information content (AvgIpc) is 2.50. The fourth-order valence-corrected chi connectivity index (χ4v) is 2.11. The number of hydrazone groups is 1. The van der Waals surface area contributed by atoms with Gasteiger partial charge in [0.1, 0.15) is 0 Å². The molecule has 0 aliphatic rings. The summed E-state index contributed by atoms with van der Waals surface area (Å²) < 4.78 is 0. The van der Waals surface area contributed by atoms with Gasteiger partial charge in [0.25, 0.3) is 5.91 Å². The number of rotatable bonds is 4. The highest BCUT2D eigenvalue weighted by atomic mass is 35.5. The lowest BCUT2D eigenvalue weighted by Crippen LogP contribution is -2.18. The first-order valence-corrected chi connectivity index (χ1v) is 6.84. The van der Waals surface area contributed by atoms with Crippen molar-refractivity contribution < 1.29 is 14.8 Å². The summed E-state index contributed by atoms with van der Waals surface area (Å²) >= 11 is 5.76. The molecule has 0 radical (unpaired) electrons. The van der Waals surface area contributed by atoms with Crippen LogP contribution in [0.5, 0.6) is 5.75 Å². The number of amides is 1. The minimum absolute atomic E-state index is 0.0225. The Hall–Kier alpha value is -2.93. The molecule has 2 aromatic carbocycles.